The third-order valence-electron chi connectivity index (χ3n) is 4.63. The van der Waals surface area contributed by atoms with Crippen LogP contribution in [0.4, 0.5) is 5.69 Å². The summed E-state index contributed by atoms with van der Waals surface area (Å²) in [5, 5.41) is 0. The molecule has 1 aliphatic heterocycles. The molecule has 0 N–H and O–H groups in total. The Hall–Kier alpha value is -2.82. The van der Waals surface area contributed by atoms with E-state index in [9.17, 15) is 9.59 Å². The topological polar surface area (TPSA) is 49.9 Å². The molecule has 5 nitrogen and oxygen atoms in total. The van der Waals surface area contributed by atoms with Gasteiger partial charge < -0.3 is 14.5 Å². The molecule has 1 saturated heterocycles. The summed E-state index contributed by atoms with van der Waals surface area (Å²) in [5.74, 6) is 0.863. The first-order valence-corrected chi connectivity index (χ1v) is 8.37. The average Bonchev–Trinajstić information content (AvgIpc) is 2.67. The molecule has 0 bridgehead atoms. The molecular formula is C20H22N2O3. The Morgan fingerprint density at radius 3 is 2.32 bits per heavy atom. The first-order chi connectivity index (χ1) is 12.2. The van der Waals surface area contributed by atoms with Gasteiger partial charge in [-0.2, -0.15) is 0 Å². The number of para-hydroxylation sites is 2. The van der Waals surface area contributed by atoms with Crippen molar-refractivity contribution in [3.05, 3.63) is 48.0 Å². The summed E-state index contributed by atoms with van der Waals surface area (Å²) in [7, 11) is 1.65. The number of hydrogen-bond acceptors (Lipinski definition) is 4. The van der Waals surface area contributed by atoms with Crippen molar-refractivity contribution in [1.82, 2.24) is 4.90 Å². The number of carbonyl (C=O) groups is 2. The van der Waals surface area contributed by atoms with Crippen LogP contribution in [0.1, 0.15) is 17.3 Å². The summed E-state index contributed by atoms with van der Waals surface area (Å²) in [6.07, 6.45) is 0.894. The molecule has 2 aromatic rings. The third kappa shape index (κ3) is 3.36. The number of amides is 1. The molecule has 0 spiro atoms. The quantitative estimate of drug-likeness (QED) is 0.805. The Labute approximate surface area is 147 Å². The van der Waals surface area contributed by atoms with Crippen LogP contribution in [-0.4, -0.2) is 50.4 Å². The number of hydrogen-bond donors (Lipinski definition) is 0. The zero-order valence-electron chi connectivity index (χ0n) is 14.6. The van der Waals surface area contributed by atoms with Gasteiger partial charge in [0.05, 0.1) is 12.8 Å². The van der Waals surface area contributed by atoms with E-state index in [4.69, 9.17) is 4.74 Å². The van der Waals surface area contributed by atoms with Crippen LogP contribution in [0, 0.1) is 0 Å². The fourth-order valence-electron chi connectivity index (χ4n) is 3.34. The molecule has 0 unspecified atom stereocenters. The molecule has 130 valence electrons. The van der Waals surface area contributed by atoms with Gasteiger partial charge in [-0.15, -0.1) is 0 Å². The van der Waals surface area contributed by atoms with Crippen molar-refractivity contribution in [2.75, 3.05) is 38.2 Å². The molecule has 1 amide bonds. The highest BCUT2D eigenvalue weighted by Gasteiger charge is 2.24. The molecule has 0 radical (unpaired) electrons. The van der Waals surface area contributed by atoms with Crippen molar-refractivity contribution in [2.45, 2.75) is 6.92 Å². The third-order valence-corrected chi connectivity index (χ3v) is 4.63. The second-order valence-electron chi connectivity index (χ2n) is 6.05. The number of methoxy groups -OCH3 is 1. The van der Waals surface area contributed by atoms with E-state index in [1.807, 2.05) is 47.4 Å². The maximum Gasteiger partial charge on any atom is 0.219 e. The Balaban J connectivity index is 2.04. The van der Waals surface area contributed by atoms with Crippen molar-refractivity contribution in [2.24, 2.45) is 0 Å². The summed E-state index contributed by atoms with van der Waals surface area (Å²) < 4.78 is 5.50. The van der Waals surface area contributed by atoms with E-state index in [2.05, 4.69) is 4.90 Å². The van der Waals surface area contributed by atoms with Gasteiger partial charge in [0.2, 0.25) is 5.91 Å². The largest absolute Gasteiger partial charge is 0.496 e. The summed E-state index contributed by atoms with van der Waals surface area (Å²) in [5.41, 5.74) is 3.49. The Morgan fingerprint density at radius 2 is 1.68 bits per heavy atom. The zero-order chi connectivity index (χ0) is 17.8. The number of benzene rings is 2. The van der Waals surface area contributed by atoms with E-state index >= 15 is 0 Å². The van der Waals surface area contributed by atoms with Crippen molar-refractivity contribution in [1.29, 1.82) is 0 Å². The summed E-state index contributed by atoms with van der Waals surface area (Å²) in [6, 6.07) is 13.5. The minimum atomic E-state index is 0.0910. The monoisotopic (exact) mass is 338 g/mol. The molecule has 1 heterocycles. The number of carbonyl (C=O) groups excluding carboxylic acids is 2. The van der Waals surface area contributed by atoms with Crippen molar-refractivity contribution < 1.29 is 14.3 Å². The first kappa shape index (κ1) is 17.0. The van der Waals surface area contributed by atoms with Crippen molar-refractivity contribution in [3.8, 4) is 16.9 Å². The highest BCUT2D eigenvalue weighted by atomic mass is 16.5. The lowest BCUT2D eigenvalue weighted by atomic mass is 9.98. The predicted molar refractivity (Wildman–Crippen MR) is 98.3 cm³/mol. The van der Waals surface area contributed by atoms with E-state index in [1.165, 1.54) is 0 Å². The van der Waals surface area contributed by atoms with Crippen LogP contribution in [-0.2, 0) is 4.79 Å². The molecule has 2 aromatic carbocycles. The van der Waals surface area contributed by atoms with Gasteiger partial charge >= 0.3 is 0 Å². The van der Waals surface area contributed by atoms with Gasteiger partial charge in [-0.05, 0) is 12.1 Å². The number of nitrogens with zero attached hydrogens (tertiary/aromatic N) is 2. The lowest BCUT2D eigenvalue weighted by Crippen LogP contribution is -2.48. The molecule has 5 heteroatoms. The van der Waals surface area contributed by atoms with Gasteiger partial charge in [-0.25, -0.2) is 0 Å². The summed E-state index contributed by atoms with van der Waals surface area (Å²) in [6.45, 7) is 4.32. The van der Waals surface area contributed by atoms with Gasteiger partial charge in [0.1, 0.15) is 5.75 Å². The van der Waals surface area contributed by atoms with Gasteiger partial charge in [-0.3, -0.25) is 9.59 Å². The van der Waals surface area contributed by atoms with E-state index in [0.717, 1.165) is 28.8 Å². The maximum atomic E-state index is 11.7. The van der Waals surface area contributed by atoms with Gasteiger partial charge in [0.15, 0.2) is 6.29 Å². The molecule has 1 aliphatic rings. The first-order valence-electron chi connectivity index (χ1n) is 8.37. The molecule has 1 fully saturated rings. The Morgan fingerprint density at radius 1 is 1.00 bits per heavy atom. The van der Waals surface area contributed by atoms with Crippen LogP contribution in [0.25, 0.3) is 11.1 Å². The normalized spacial score (nSPS) is 14.3. The smallest absolute Gasteiger partial charge is 0.219 e. The highest BCUT2D eigenvalue weighted by molar-refractivity contribution is 5.94. The predicted octanol–water partition coefficient (Wildman–Crippen LogP) is 2.84. The number of rotatable bonds is 4. The van der Waals surface area contributed by atoms with Crippen molar-refractivity contribution in [3.63, 3.8) is 0 Å². The molecule has 25 heavy (non-hydrogen) atoms. The van der Waals surface area contributed by atoms with Crippen LogP contribution in [0.5, 0.6) is 5.75 Å². The minimum Gasteiger partial charge on any atom is -0.496 e. The lowest BCUT2D eigenvalue weighted by molar-refractivity contribution is -0.129. The standard InChI is InChI=1S/C20H22N2O3/c1-15(24)21-10-12-22(13-11-21)20-16(14-23)6-5-8-18(20)17-7-3-4-9-19(17)25-2/h3-9,14H,10-13H2,1-2H3. The Kier molecular flexibility index (Phi) is 5.03. The average molecular weight is 338 g/mol. The Bertz CT molecular complexity index is 780. The molecule has 0 aliphatic carbocycles. The molecule has 0 atom stereocenters. The van der Waals surface area contributed by atoms with E-state index < -0.39 is 0 Å². The number of piperazine rings is 1. The second kappa shape index (κ2) is 7.38. The van der Waals surface area contributed by atoms with Crippen LogP contribution in [0.2, 0.25) is 0 Å². The van der Waals surface area contributed by atoms with Crippen LogP contribution >= 0.6 is 0 Å². The lowest BCUT2D eigenvalue weighted by Gasteiger charge is -2.37. The van der Waals surface area contributed by atoms with Gasteiger partial charge in [0.25, 0.3) is 0 Å². The summed E-state index contributed by atoms with van der Waals surface area (Å²) >= 11 is 0. The maximum absolute atomic E-state index is 11.7. The van der Waals surface area contributed by atoms with Gasteiger partial charge in [0, 0.05) is 49.8 Å². The van der Waals surface area contributed by atoms with Crippen LogP contribution < -0.4 is 9.64 Å². The van der Waals surface area contributed by atoms with Crippen LogP contribution in [0.3, 0.4) is 0 Å². The fourth-order valence-corrected chi connectivity index (χ4v) is 3.34. The van der Waals surface area contributed by atoms with Gasteiger partial charge in [-0.1, -0.05) is 30.3 Å². The van der Waals surface area contributed by atoms with Crippen molar-refractivity contribution >= 4 is 17.9 Å². The van der Waals surface area contributed by atoms with Crippen LogP contribution in [0.15, 0.2) is 42.5 Å². The highest BCUT2D eigenvalue weighted by Crippen LogP contribution is 2.38. The van der Waals surface area contributed by atoms with E-state index in [-0.39, 0.29) is 5.91 Å². The minimum absolute atomic E-state index is 0.0910. The zero-order valence-corrected chi connectivity index (χ0v) is 14.6. The molecular weight excluding hydrogens is 316 g/mol. The fraction of sp³-hybridized carbons (Fsp3) is 0.300. The SMILES string of the molecule is COc1ccccc1-c1cccc(C=O)c1N1CCN(C(C)=O)CC1. The summed E-state index contributed by atoms with van der Waals surface area (Å²) in [4.78, 5) is 27.3. The molecule has 3 rings (SSSR count). The second-order valence-corrected chi connectivity index (χ2v) is 6.05. The van der Waals surface area contributed by atoms with E-state index in [0.29, 0.717) is 31.7 Å². The number of anilines is 1. The number of aldehydes is 1. The number of ether oxygens (including phenoxy) is 1. The molecule has 0 saturated carbocycles. The molecule has 0 aromatic heterocycles. The van der Waals surface area contributed by atoms with E-state index in [1.54, 1.807) is 14.0 Å².